The van der Waals surface area contributed by atoms with Crippen LogP contribution in [0.25, 0.3) is 0 Å². The number of benzene rings is 1. The van der Waals surface area contributed by atoms with Crippen LogP contribution in [0, 0.1) is 6.92 Å². The highest BCUT2D eigenvalue weighted by molar-refractivity contribution is 7.89. The molecule has 3 nitrogen and oxygen atoms in total. The Morgan fingerprint density at radius 1 is 1.29 bits per heavy atom. The summed E-state index contributed by atoms with van der Waals surface area (Å²) in [4.78, 5) is 0. The first-order chi connectivity index (χ1) is 6.47. The van der Waals surface area contributed by atoms with Crippen molar-refractivity contribution >= 4 is 15.9 Å². The van der Waals surface area contributed by atoms with E-state index in [1.165, 1.54) is 0 Å². The lowest BCUT2D eigenvalue weighted by molar-refractivity contribution is 0.563. The van der Waals surface area contributed by atoms with E-state index in [0.29, 0.717) is 11.1 Å². The van der Waals surface area contributed by atoms with E-state index in [-0.39, 0.29) is 0 Å². The zero-order valence-electron chi connectivity index (χ0n) is 7.57. The summed E-state index contributed by atoms with van der Waals surface area (Å²) in [6, 6.07) is 7.26. The monoisotopic (exact) mass is 215 g/mol. The molecule has 0 radical (unpaired) electrons. The van der Waals surface area contributed by atoms with Crippen molar-refractivity contribution in [3.63, 3.8) is 0 Å². The van der Waals surface area contributed by atoms with Gasteiger partial charge < -0.3 is 5.32 Å². The van der Waals surface area contributed by atoms with Crippen molar-refractivity contribution in [2.75, 3.05) is 5.32 Å². The minimum absolute atomic E-state index is 0.465. The Kier molecular flexibility index (Phi) is 3.24. The lowest BCUT2D eigenvalue weighted by atomic mass is 10.2. The predicted octanol–water partition coefficient (Wildman–Crippen LogP) is 2.18. The van der Waals surface area contributed by atoms with Gasteiger partial charge in [-0.2, -0.15) is 8.42 Å². The van der Waals surface area contributed by atoms with Gasteiger partial charge >= 0.3 is 10.2 Å². The summed E-state index contributed by atoms with van der Waals surface area (Å²) < 4.78 is 32.2. The molecule has 76 valence electrons. The van der Waals surface area contributed by atoms with Gasteiger partial charge in [0.05, 0.1) is 5.41 Å². The summed E-state index contributed by atoms with van der Waals surface area (Å²) in [5, 5.41) is 3.09. The van der Waals surface area contributed by atoms with Crippen LogP contribution in [0.1, 0.15) is 5.56 Å². The van der Waals surface area contributed by atoms with Crippen molar-refractivity contribution < 1.29 is 12.3 Å². The van der Waals surface area contributed by atoms with Crippen LogP contribution in [-0.2, 0) is 10.2 Å². The third kappa shape index (κ3) is 4.04. The lowest BCUT2D eigenvalue weighted by Crippen LogP contribution is -1.89. The number of aryl methyl sites for hydroxylation is 1. The van der Waals surface area contributed by atoms with Gasteiger partial charge in [-0.1, -0.05) is 17.7 Å². The molecule has 0 bridgehead atoms. The average molecular weight is 215 g/mol. The fourth-order valence-corrected chi connectivity index (χ4v) is 1.09. The number of hydrogen-bond donors (Lipinski definition) is 1. The second kappa shape index (κ2) is 4.23. The summed E-state index contributed by atoms with van der Waals surface area (Å²) in [5.41, 5.74) is 1.80. The minimum Gasteiger partial charge on any atom is -0.361 e. The number of rotatable bonds is 3. The Bertz CT molecular complexity index is 423. The highest BCUT2D eigenvalue weighted by Crippen LogP contribution is 2.08. The molecule has 1 rings (SSSR count). The van der Waals surface area contributed by atoms with Gasteiger partial charge in [0.1, 0.15) is 0 Å². The Morgan fingerprint density at radius 2 is 1.86 bits per heavy atom. The first-order valence-corrected chi connectivity index (χ1v) is 5.36. The van der Waals surface area contributed by atoms with E-state index >= 15 is 0 Å². The molecule has 0 aliphatic rings. The SMILES string of the molecule is Cc1ccc(N/C=C/S(=O)(=O)F)cc1. The highest BCUT2D eigenvalue weighted by atomic mass is 32.3. The molecular formula is C9H10FNO2S. The molecule has 0 amide bonds. The zero-order chi connectivity index (χ0) is 10.6. The molecule has 0 unspecified atom stereocenters. The minimum atomic E-state index is -4.55. The van der Waals surface area contributed by atoms with Crippen LogP contribution in [0.2, 0.25) is 0 Å². The molecule has 0 fully saturated rings. The van der Waals surface area contributed by atoms with Gasteiger partial charge in [-0.25, -0.2) is 0 Å². The van der Waals surface area contributed by atoms with Gasteiger partial charge in [-0.3, -0.25) is 0 Å². The van der Waals surface area contributed by atoms with Crippen molar-refractivity contribution in [3.05, 3.63) is 41.4 Å². The number of nitrogens with one attached hydrogen (secondary N) is 1. The van der Waals surface area contributed by atoms with Crippen molar-refractivity contribution in [2.45, 2.75) is 6.92 Å². The topological polar surface area (TPSA) is 46.2 Å². The van der Waals surface area contributed by atoms with Crippen LogP contribution in [0.15, 0.2) is 35.9 Å². The molecular weight excluding hydrogens is 205 g/mol. The number of hydrogen-bond acceptors (Lipinski definition) is 3. The molecule has 0 aliphatic carbocycles. The largest absolute Gasteiger partial charge is 0.361 e. The normalized spacial score (nSPS) is 11.9. The van der Waals surface area contributed by atoms with E-state index < -0.39 is 10.2 Å². The maximum Gasteiger partial charge on any atom is 0.326 e. The Hall–Kier alpha value is -1.36. The van der Waals surface area contributed by atoms with Gasteiger partial charge in [-0.05, 0) is 19.1 Å². The second-order valence-corrected chi connectivity index (χ2v) is 4.01. The second-order valence-electron chi connectivity index (χ2n) is 2.79. The zero-order valence-corrected chi connectivity index (χ0v) is 8.38. The lowest BCUT2D eigenvalue weighted by Gasteiger charge is -1.99. The van der Waals surface area contributed by atoms with Crippen LogP contribution in [0.4, 0.5) is 9.57 Å². The van der Waals surface area contributed by atoms with Crippen molar-refractivity contribution in [3.8, 4) is 0 Å². The first kappa shape index (κ1) is 10.7. The molecule has 0 saturated heterocycles. The van der Waals surface area contributed by atoms with E-state index in [4.69, 9.17) is 0 Å². The maximum atomic E-state index is 12.0. The standard InChI is InChI=1S/C9H10FNO2S/c1-8-2-4-9(5-3-8)11-6-7-14(10,12)13/h2-7,11H,1H3/b7-6+. The number of halogens is 1. The summed E-state index contributed by atoms with van der Waals surface area (Å²) >= 11 is 0. The molecule has 1 aromatic carbocycles. The molecule has 5 heteroatoms. The Labute approximate surface area is 82.5 Å². The van der Waals surface area contributed by atoms with E-state index in [9.17, 15) is 12.3 Å². The van der Waals surface area contributed by atoms with Gasteiger partial charge in [0.15, 0.2) is 0 Å². The van der Waals surface area contributed by atoms with Gasteiger partial charge in [0.25, 0.3) is 0 Å². The average Bonchev–Trinajstić information content (AvgIpc) is 2.06. The number of anilines is 1. The van der Waals surface area contributed by atoms with Gasteiger partial charge in [-0.15, -0.1) is 3.89 Å². The van der Waals surface area contributed by atoms with Crippen LogP contribution in [0.3, 0.4) is 0 Å². The molecule has 0 aromatic heterocycles. The molecule has 1 N–H and O–H groups in total. The van der Waals surface area contributed by atoms with Crippen molar-refractivity contribution in [1.82, 2.24) is 0 Å². The van der Waals surface area contributed by atoms with E-state index in [0.717, 1.165) is 11.8 Å². The van der Waals surface area contributed by atoms with Crippen LogP contribution >= 0.6 is 0 Å². The van der Waals surface area contributed by atoms with Crippen molar-refractivity contribution in [2.24, 2.45) is 0 Å². The summed E-state index contributed by atoms with van der Waals surface area (Å²) in [5.74, 6) is 0. The smallest absolute Gasteiger partial charge is 0.326 e. The van der Waals surface area contributed by atoms with Crippen LogP contribution < -0.4 is 5.32 Å². The molecule has 0 aliphatic heterocycles. The third-order valence-electron chi connectivity index (χ3n) is 1.53. The van der Waals surface area contributed by atoms with Gasteiger partial charge in [0.2, 0.25) is 0 Å². The van der Waals surface area contributed by atoms with E-state index in [1.807, 2.05) is 19.1 Å². The van der Waals surface area contributed by atoms with Crippen LogP contribution in [0.5, 0.6) is 0 Å². The van der Waals surface area contributed by atoms with Gasteiger partial charge in [0, 0.05) is 11.9 Å². The van der Waals surface area contributed by atoms with E-state index in [1.54, 1.807) is 12.1 Å². The summed E-state index contributed by atoms with van der Waals surface area (Å²) in [7, 11) is -4.55. The molecule has 1 aromatic rings. The first-order valence-electron chi connectivity index (χ1n) is 3.92. The van der Waals surface area contributed by atoms with Crippen molar-refractivity contribution in [1.29, 1.82) is 0 Å². The summed E-state index contributed by atoms with van der Waals surface area (Å²) in [6.07, 6.45) is 1.04. The summed E-state index contributed by atoms with van der Waals surface area (Å²) in [6.45, 7) is 1.94. The van der Waals surface area contributed by atoms with E-state index in [2.05, 4.69) is 5.32 Å². The molecule has 14 heavy (non-hydrogen) atoms. The fraction of sp³-hybridized carbons (Fsp3) is 0.111. The quantitative estimate of drug-likeness (QED) is 0.786. The molecule has 0 atom stereocenters. The maximum absolute atomic E-state index is 12.0. The Morgan fingerprint density at radius 3 is 2.36 bits per heavy atom. The molecule has 0 saturated carbocycles. The third-order valence-corrected chi connectivity index (χ3v) is 1.99. The Balaban J connectivity index is 2.63. The predicted molar refractivity (Wildman–Crippen MR) is 54.0 cm³/mol. The fourth-order valence-electron chi connectivity index (χ4n) is 0.861. The van der Waals surface area contributed by atoms with Crippen LogP contribution in [-0.4, -0.2) is 8.42 Å². The molecule has 0 heterocycles. The molecule has 0 spiro atoms. The highest BCUT2D eigenvalue weighted by Gasteiger charge is 1.97.